The van der Waals surface area contributed by atoms with Crippen LogP contribution < -0.4 is 9.47 Å². The molecule has 1 aromatic carbocycles. The Morgan fingerprint density at radius 3 is 2.32 bits per heavy atom. The first-order valence-corrected chi connectivity index (χ1v) is 7.69. The van der Waals surface area contributed by atoms with E-state index >= 15 is 0 Å². The molecule has 0 atom stereocenters. The third-order valence-corrected chi connectivity index (χ3v) is 4.06. The Morgan fingerprint density at radius 2 is 1.64 bits per heavy atom. The van der Waals surface area contributed by atoms with Gasteiger partial charge in [-0.1, -0.05) is 23.2 Å². The zero-order chi connectivity index (χ0) is 15.7. The first-order valence-electron chi connectivity index (χ1n) is 6.82. The van der Waals surface area contributed by atoms with Crippen molar-refractivity contribution in [2.45, 2.75) is 4.84 Å². The number of alkyl halides is 2. The minimum atomic E-state index is -1.06. The first-order chi connectivity index (χ1) is 10.6. The largest absolute Gasteiger partial charge is 0.454 e. The Kier molecular flexibility index (Phi) is 4.31. The van der Waals surface area contributed by atoms with Crippen LogP contribution in [0.25, 0.3) is 0 Å². The predicted molar refractivity (Wildman–Crippen MR) is 80.5 cm³/mol. The highest BCUT2D eigenvalue weighted by Crippen LogP contribution is 2.32. The van der Waals surface area contributed by atoms with Crippen molar-refractivity contribution < 1.29 is 19.1 Å². The van der Waals surface area contributed by atoms with Gasteiger partial charge in [-0.3, -0.25) is 9.59 Å². The molecule has 1 aromatic rings. The minimum Gasteiger partial charge on any atom is -0.454 e. The molecule has 0 N–H and O–H groups in total. The normalized spacial score (nSPS) is 17.0. The van der Waals surface area contributed by atoms with E-state index in [1.807, 2.05) is 0 Å². The molecule has 0 aromatic heterocycles. The number of ether oxygens (including phenoxy) is 2. The molecule has 8 heteroatoms. The lowest BCUT2D eigenvalue weighted by atomic mass is 10.1. The number of carbonyl (C=O) groups is 2. The maximum absolute atomic E-state index is 12.5. The van der Waals surface area contributed by atoms with E-state index in [1.165, 1.54) is 0 Å². The smallest absolute Gasteiger partial charge is 0.255 e. The summed E-state index contributed by atoms with van der Waals surface area (Å²) in [5.74, 6) is 0.797. The summed E-state index contributed by atoms with van der Waals surface area (Å²) in [5.41, 5.74) is 0.539. The van der Waals surface area contributed by atoms with Crippen molar-refractivity contribution in [3.8, 4) is 11.5 Å². The average molecular weight is 345 g/mol. The van der Waals surface area contributed by atoms with Crippen LogP contribution in [0.4, 0.5) is 0 Å². The van der Waals surface area contributed by atoms with Crippen LogP contribution in [-0.4, -0.2) is 59.4 Å². The number of piperazine rings is 1. The van der Waals surface area contributed by atoms with Gasteiger partial charge in [-0.25, -0.2) is 0 Å². The van der Waals surface area contributed by atoms with Crippen molar-refractivity contribution >= 4 is 35.0 Å². The van der Waals surface area contributed by atoms with E-state index in [2.05, 4.69) is 0 Å². The predicted octanol–water partition coefficient (Wildman–Crippen LogP) is 1.50. The fourth-order valence-electron chi connectivity index (χ4n) is 2.48. The molecule has 0 saturated carbocycles. The fraction of sp³-hybridized carbons (Fsp3) is 0.429. The monoisotopic (exact) mass is 344 g/mol. The summed E-state index contributed by atoms with van der Waals surface area (Å²) in [7, 11) is 0. The molecule has 22 heavy (non-hydrogen) atoms. The van der Waals surface area contributed by atoms with E-state index in [4.69, 9.17) is 32.7 Å². The van der Waals surface area contributed by atoms with E-state index in [1.54, 1.807) is 28.0 Å². The van der Waals surface area contributed by atoms with Crippen molar-refractivity contribution in [1.82, 2.24) is 9.80 Å². The second-order valence-electron chi connectivity index (χ2n) is 4.99. The van der Waals surface area contributed by atoms with E-state index in [-0.39, 0.29) is 18.6 Å². The van der Waals surface area contributed by atoms with E-state index < -0.39 is 4.84 Å². The number of nitrogens with zero attached hydrogens (tertiary/aromatic N) is 2. The number of rotatable bonds is 2. The van der Waals surface area contributed by atoms with Crippen LogP contribution in [0.15, 0.2) is 18.2 Å². The van der Waals surface area contributed by atoms with Gasteiger partial charge in [-0.15, -0.1) is 0 Å². The van der Waals surface area contributed by atoms with E-state index in [0.29, 0.717) is 43.2 Å². The van der Waals surface area contributed by atoms with Gasteiger partial charge in [0.25, 0.3) is 11.8 Å². The third-order valence-electron chi connectivity index (χ3n) is 3.68. The SMILES string of the molecule is O=C(c1ccc2c(c1)OCO2)N1CCN(C(=O)C(Cl)Cl)CC1. The number of fused-ring (bicyclic) bond motifs is 1. The number of amides is 2. The third kappa shape index (κ3) is 2.94. The molecule has 3 rings (SSSR count). The van der Waals surface area contributed by atoms with Crippen LogP contribution in [0.3, 0.4) is 0 Å². The molecule has 2 aliphatic rings. The second kappa shape index (κ2) is 6.22. The Labute approximate surface area is 137 Å². The number of carbonyl (C=O) groups excluding carboxylic acids is 2. The van der Waals surface area contributed by atoms with Gasteiger partial charge in [0.2, 0.25) is 6.79 Å². The first kappa shape index (κ1) is 15.2. The summed E-state index contributed by atoms with van der Waals surface area (Å²) in [6.45, 7) is 1.90. The van der Waals surface area contributed by atoms with Gasteiger partial charge in [0.05, 0.1) is 0 Å². The van der Waals surface area contributed by atoms with Crippen LogP contribution in [-0.2, 0) is 4.79 Å². The van der Waals surface area contributed by atoms with Gasteiger partial charge in [0.15, 0.2) is 16.3 Å². The van der Waals surface area contributed by atoms with Crippen LogP contribution in [0.1, 0.15) is 10.4 Å². The molecule has 0 spiro atoms. The second-order valence-corrected chi connectivity index (χ2v) is 6.08. The standard InChI is InChI=1S/C14H14Cl2N2O4/c15-12(16)14(20)18-5-3-17(4-6-18)13(19)9-1-2-10-11(7-9)22-8-21-10/h1-2,7,12H,3-6,8H2. The maximum atomic E-state index is 12.5. The van der Waals surface area contributed by atoms with Crippen molar-refractivity contribution in [2.75, 3.05) is 33.0 Å². The van der Waals surface area contributed by atoms with E-state index in [9.17, 15) is 9.59 Å². The van der Waals surface area contributed by atoms with Crippen LogP contribution >= 0.6 is 23.2 Å². The van der Waals surface area contributed by atoms with Crippen molar-refractivity contribution in [2.24, 2.45) is 0 Å². The van der Waals surface area contributed by atoms with Crippen LogP contribution in [0.2, 0.25) is 0 Å². The number of hydrogen-bond acceptors (Lipinski definition) is 4. The van der Waals surface area contributed by atoms with Gasteiger partial charge in [-0.05, 0) is 18.2 Å². The highest BCUT2D eigenvalue weighted by Gasteiger charge is 2.28. The van der Waals surface area contributed by atoms with Crippen molar-refractivity contribution in [3.63, 3.8) is 0 Å². The molecule has 2 heterocycles. The minimum absolute atomic E-state index is 0.0984. The number of benzene rings is 1. The quantitative estimate of drug-likeness (QED) is 0.763. The molecule has 1 saturated heterocycles. The Balaban J connectivity index is 1.64. The summed E-state index contributed by atoms with van der Waals surface area (Å²) >= 11 is 11.2. The van der Waals surface area contributed by atoms with Gasteiger partial charge < -0.3 is 19.3 Å². The van der Waals surface area contributed by atoms with Crippen molar-refractivity contribution in [3.05, 3.63) is 23.8 Å². The Bertz CT molecular complexity index is 601. The summed E-state index contributed by atoms with van der Waals surface area (Å²) < 4.78 is 10.5. The fourth-order valence-corrected chi connectivity index (χ4v) is 2.76. The molecule has 118 valence electrons. The molecular weight excluding hydrogens is 331 g/mol. The molecule has 6 nitrogen and oxygen atoms in total. The molecule has 2 aliphatic heterocycles. The lowest BCUT2D eigenvalue weighted by Gasteiger charge is -2.35. The summed E-state index contributed by atoms with van der Waals surface area (Å²) in [6.07, 6.45) is 0. The highest BCUT2D eigenvalue weighted by molar-refractivity contribution is 6.53. The maximum Gasteiger partial charge on any atom is 0.255 e. The van der Waals surface area contributed by atoms with Gasteiger partial charge >= 0.3 is 0 Å². The van der Waals surface area contributed by atoms with E-state index in [0.717, 1.165) is 0 Å². The number of hydrogen-bond donors (Lipinski definition) is 0. The van der Waals surface area contributed by atoms with Gasteiger partial charge in [0.1, 0.15) is 0 Å². The molecular formula is C14H14Cl2N2O4. The van der Waals surface area contributed by atoms with Crippen LogP contribution in [0.5, 0.6) is 11.5 Å². The zero-order valence-electron chi connectivity index (χ0n) is 11.6. The molecule has 0 bridgehead atoms. The van der Waals surface area contributed by atoms with Crippen LogP contribution in [0, 0.1) is 0 Å². The van der Waals surface area contributed by atoms with Crippen molar-refractivity contribution in [1.29, 1.82) is 0 Å². The molecule has 0 aliphatic carbocycles. The summed E-state index contributed by atoms with van der Waals surface area (Å²) in [6, 6.07) is 5.11. The lowest BCUT2D eigenvalue weighted by Crippen LogP contribution is -2.51. The zero-order valence-corrected chi connectivity index (χ0v) is 13.1. The molecule has 0 radical (unpaired) electrons. The Hall–Kier alpha value is -1.66. The summed E-state index contributed by atoms with van der Waals surface area (Å²) in [4.78, 5) is 26.4. The number of halogens is 2. The topological polar surface area (TPSA) is 59.1 Å². The molecule has 2 amide bonds. The Morgan fingerprint density at radius 1 is 1.00 bits per heavy atom. The lowest BCUT2D eigenvalue weighted by molar-refractivity contribution is -0.130. The average Bonchev–Trinajstić information content (AvgIpc) is 3.01. The highest BCUT2D eigenvalue weighted by atomic mass is 35.5. The van der Waals surface area contributed by atoms with Gasteiger partial charge in [0, 0.05) is 31.7 Å². The summed E-state index contributed by atoms with van der Waals surface area (Å²) in [5, 5.41) is 0. The molecule has 1 fully saturated rings. The molecule has 0 unspecified atom stereocenters. The van der Waals surface area contributed by atoms with Gasteiger partial charge in [-0.2, -0.15) is 0 Å².